The number of likely N-dealkylation sites (N-methyl/N-ethyl adjacent to an activating group) is 1. The molecular weight excluding hydrogens is 298 g/mol. The summed E-state index contributed by atoms with van der Waals surface area (Å²) in [5.41, 5.74) is 2.39. The summed E-state index contributed by atoms with van der Waals surface area (Å²) >= 11 is 8.22. The van der Waals surface area contributed by atoms with Gasteiger partial charge in [-0.1, -0.05) is 41.9 Å². The highest BCUT2D eigenvalue weighted by Crippen LogP contribution is 2.32. The maximum atomic E-state index is 6.37. The molecule has 2 aromatic carbocycles. The van der Waals surface area contributed by atoms with E-state index < -0.39 is 0 Å². The van der Waals surface area contributed by atoms with Gasteiger partial charge < -0.3 is 5.32 Å². The number of rotatable bonds is 4. The highest BCUT2D eigenvalue weighted by atomic mass is 35.5. The lowest BCUT2D eigenvalue weighted by Crippen LogP contribution is -2.17. The summed E-state index contributed by atoms with van der Waals surface area (Å²) in [6.45, 7) is 2.07. The molecule has 0 spiro atoms. The van der Waals surface area contributed by atoms with Crippen molar-refractivity contribution in [2.75, 3.05) is 7.05 Å². The molecule has 3 rings (SSSR count). The molecule has 0 saturated heterocycles. The fourth-order valence-corrected chi connectivity index (χ4v) is 4.04. The highest BCUT2D eigenvalue weighted by molar-refractivity contribution is 7.19. The van der Waals surface area contributed by atoms with Crippen LogP contribution in [0.1, 0.15) is 22.0 Å². The Bertz CT molecular complexity index is 730. The van der Waals surface area contributed by atoms with Crippen LogP contribution in [0, 0.1) is 6.92 Å². The fraction of sp³-hybridized carbons (Fsp3) is 0.222. The number of hydrogen-bond acceptors (Lipinski definition) is 2. The third-order valence-corrected chi connectivity index (χ3v) is 5.35. The Labute approximate surface area is 134 Å². The molecule has 0 radical (unpaired) electrons. The first-order valence-electron chi connectivity index (χ1n) is 7.08. The van der Waals surface area contributed by atoms with Crippen molar-refractivity contribution in [3.8, 4) is 0 Å². The van der Waals surface area contributed by atoms with Gasteiger partial charge in [0.25, 0.3) is 0 Å². The zero-order valence-electron chi connectivity index (χ0n) is 12.2. The fourth-order valence-electron chi connectivity index (χ4n) is 2.56. The Kier molecular flexibility index (Phi) is 4.29. The molecule has 3 aromatic rings. The van der Waals surface area contributed by atoms with Gasteiger partial charge in [-0.3, -0.25) is 0 Å². The molecule has 0 aliphatic carbocycles. The lowest BCUT2D eigenvalue weighted by molar-refractivity contribution is 0.602. The van der Waals surface area contributed by atoms with E-state index >= 15 is 0 Å². The summed E-state index contributed by atoms with van der Waals surface area (Å²) in [6, 6.07) is 17.4. The molecule has 1 nitrogen and oxygen atoms in total. The molecule has 3 heteroatoms. The van der Waals surface area contributed by atoms with Crippen molar-refractivity contribution in [3.63, 3.8) is 0 Å². The number of aryl methyl sites for hydroxylation is 1. The molecule has 1 heterocycles. The molecule has 0 bridgehead atoms. The van der Waals surface area contributed by atoms with E-state index in [9.17, 15) is 0 Å². The minimum Gasteiger partial charge on any atom is -0.312 e. The summed E-state index contributed by atoms with van der Waals surface area (Å²) in [4.78, 5) is 1.36. The van der Waals surface area contributed by atoms with Crippen molar-refractivity contribution in [1.29, 1.82) is 0 Å². The van der Waals surface area contributed by atoms with Crippen LogP contribution in [-0.4, -0.2) is 7.05 Å². The van der Waals surface area contributed by atoms with Crippen molar-refractivity contribution >= 4 is 33.0 Å². The average Bonchev–Trinajstić information content (AvgIpc) is 2.90. The van der Waals surface area contributed by atoms with Crippen molar-refractivity contribution < 1.29 is 0 Å². The SMILES string of the molecule is CNC(Cc1ccc(C)cc1Cl)c1cc2ccccc2s1. The molecule has 0 aliphatic rings. The van der Waals surface area contributed by atoms with E-state index in [1.54, 1.807) is 0 Å². The smallest absolute Gasteiger partial charge is 0.0454 e. The first-order chi connectivity index (χ1) is 10.2. The third-order valence-electron chi connectivity index (χ3n) is 3.77. The number of benzene rings is 2. The molecular formula is C18H18ClNS. The summed E-state index contributed by atoms with van der Waals surface area (Å²) in [6.07, 6.45) is 0.905. The quantitative estimate of drug-likeness (QED) is 0.683. The van der Waals surface area contributed by atoms with Gasteiger partial charge in [0.05, 0.1) is 0 Å². The third kappa shape index (κ3) is 3.13. The van der Waals surface area contributed by atoms with E-state index in [1.807, 2.05) is 24.5 Å². The molecule has 1 N–H and O–H groups in total. The van der Waals surface area contributed by atoms with Crippen LogP contribution in [0.2, 0.25) is 5.02 Å². The van der Waals surface area contributed by atoms with Gasteiger partial charge in [0.2, 0.25) is 0 Å². The number of nitrogens with one attached hydrogen (secondary N) is 1. The minimum absolute atomic E-state index is 0.294. The van der Waals surface area contributed by atoms with Gasteiger partial charge in [-0.05, 0) is 55.1 Å². The second kappa shape index (κ2) is 6.18. The Morgan fingerprint density at radius 3 is 2.67 bits per heavy atom. The largest absolute Gasteiger partial charge is 0.312 e. The number of halogens is 1. The Hall–Kier alpha value is -1.35. The summed E-state index contributed by atoms with van der Waals surface area (Å²) in [5.74, 6) is 0. The van der Waals surface area contributed by atoms with Crippen LogP contribution in [0.15, 0.2) is 48.5 Å². The average molecular weight is 316 g/mol. The molecule has 21 heavy (non-hydrogen) atoms. The van der Waals surface area contributed by atoms with E-state index in [1.165, 1.54) is 26.1 Å². The van der Waals surface area contributed by atoms with E-state index in [2.05, 4.69) is 54.7 Å². The van der Waals surface area contributed by atoms with Gasteiger partial charge in [0.15, 0.2) is 0 Å². The molecule has 0 amide bonds. The van der Waals surface area contributed by atoms with Crippen molar-refractivity contribution in [1.82, 2.24) is 5.32 Å². The number of hydrogen-bond donors (Lipinski definition) is 1. The lowest BCUT2D eigenvalue weighted by Gasteiger charge is -2.15. The van der Waals surface area contributed by atoms with Crippen molar-refractivity contribution in [2.24, 2.45) is 0 Å². The van der Waals surface area contributed by atoms with E-state index in [0.29, 0.717) is 6.04 Å². The van der Waals surface area contributed by atoms with Crippen LogP contribution in [0.3, 0.4) is 0 Å². The van der Waals surface area contributed by atoms with E-state index in [-0.39, 0.29) is 0 Å². The molecule has 1 unspecified atom stereocenters. The van der Waals surface area contributed by atoms with Gasteiger partial charge >= 0.3 is 0 Å². The maximum absolute atomic E-state index is 6.37. The molecule has 108 valence electrons. The maximum Gasteiger partial charge on any atom is 0.0454 e. The summed E-state index contributed by atoms with van der Waals surface area (Å²) in [5, 5.41) is 5.59. The standard InChI is InChI=1S/C18H18ClNS/c1-12-7-8-13(15(19)9-12)10-16(20-2)18-11-14-5-3-4-6-17(14)21-18/h3-9,11,16,20H,10H2,1-2H3. The summed E-state index contributed by atoms with van der Waals surface area (Å²) < 4.78 is 1.34. The number of fused-ring (bicyclic) bond motifs is 1. The van der Waals surface area contributed by atoms with Crippen molar-refractivity contribution in [3.05, 3.63) is 69.6 Å². The second-order valence-electron chi connectivity index (χ2n) is 5.33. The van der Waals surface area contributed by atoms with Gasteiger partial charge in [-0.2, -0.15) is 0 Å². The van der Waals surface area contributed by atoms with E-state index in [0.717, 1.165) is 11.4 Å². The zero-order chi connectivity index (χ0) is 14.8. The zero-order valence-corrected chi connectivity index (χ0v) is 13.8. The first kappa shape index (κ1) is 14.6. The van der Waals surface area contributed by atoms with Crippen LogP contribution in [0.4, 0.5) is 0 Å². The van der Waals surface area contributed by atoms with Crippen molar-refractivity contribution in [2.45, 2.75) is 19.4 Å². The van der Waals surface area contributed by atoms with Crippen LogP contribution >= 0.6 is 22.9 Å². The Morgan fingerprint density at radius 2 is 1.95 bits per heavy atom. The van der Waals surface area contributed by atoms with Gasteiger partial charge in [-0.25, -0.2) is 0 Å². The monoisotopic (exact) mass is 315 g/mol. The topological polar surface area (TPSA) is 12.0 Å². The molecule has 0 fully saturated rings. The van der Waals surface area contributed by atoms with E-state index in [4.69, 9.17) is 11.6 Å². The Morgan fingerprint density at radius 1 is 1.14 bits per heavy atom. The lowest BCUT2D eigenvalue weighted by atomic mass is 10.0. The second-order valence-corrected chi connectivity index (χ2v) is 6.85. The van der Waals surface area contributed by atoms with Gasteiger partial charge in [-0.15, -0.1) is 11.3 Å². The predicted octanol–water partition coefficient (Wildman–Crippen LogP) is 5.37. The summed E-state index contributed by atoms with van der Waals surface area (Å²) in [7, 11) is 2.01. The van der Waals surface area contributed by atoms with Crippen LogP contribution in [-0.2, 0) is 6.42 Å². The molecule has 0 aliphatic heterocycles. The predicted molar refractivity (Wildman–Crippen MR) is 93.5 cm³/mol. The Balaban J connectivity index is 1.90. The van der Waals surface area contributed by atoms with Crippen LogP contribution in [0.25, 0.3) is 10.1 Å². The number of thiophene rings is 1. The van der Waals surface area contributed by atoms with Gasteiger partial charge in [0.1, 0.15) is 0 Å². The molecule has 1 atom stereocenters. The normalized spacial score (nSPS) is 12.7. The van der Waals surface area contributed by atoms with Crippen LogP contribution < -0.4 is 5.32 Å². The van der Waals surface area contributed by atoms with Crippen LogP contribution in [0.5, 0.6) is 0 Å². The molecule has 1 aromatic heterocycles. The minimum atomic E-state index is 0.294. The van der Waals surface area contributed by atoms with Gasteiger partial charge in [0, 0.05) is 20.6 Å². The molecule has 0 saturated carbocycles. The first-order valence-corrected chi connectivity index (χ1v) is 8.27. The highest BCUT2D eigenvalue weighted by Gasteiger charge is 2.15.